The molecule has 5 rings (SSSR count). The standard InChI is InChI=1S/C30H48O4/c1-26(2)23-9-8-21-20(28(23,5)13-12-24(26)32)11-15-29(6)19(10-14-30(21,29)7)18-16-22(31)25(33)27(3,4)34-17-18/h8,18-20,22-23,25,31,33H,9-17H2,1-7H3/t18-,19+,20+,22-,23-,25+,28-,29+,30-/m1/s1. The van der Waals surface area contributed by atoms with Gasteiger partial charge >= 0.3 is 0 Å². The molecule has 4 nitrogen and oxygen atoms in total. The van der Waals surface area contributed by atoms with Crippen LogP contribution in [0.3, 0.4) is 0 Å². The topological polar surface area (TPSA) is 66.8 Å². The van der Waals surface area contributed by atoms with Crippen LogP contribution in [0.2, 0.25) is 0 Å². The van der Waals surface area contributed by atoms with Crippen LogP contribution in [-0.4, -0.2) is 40.4 Å². The molecule has 4 heteroatoms. The van der Waals surface area contributed by atoms with Crippen molar-refractivity contribution in [3.63, 3.8) is 0 Å². The number of aliphatic hydroxyl groups is 2. The van der Waals surface area contributed by atoms with E-state index < -0.39 is 17.8 Å². The Morgan fingerprint density at radius 2 is 1.68 bits per heavy atom. The summed E-state index contributed by atoms with van der Waals surface area (Å²) in [6.07, 6.45) is 9.18. The number of ketones is 1. The van der Waals surface area contributed by atoms with Crippen molar-refractivity contribution in [1.82, 2.24) is 0 Å². The largest absolute Gasteiger partial charge is 0.390 e. The van der Waals surface area contributed by atoms with Crippen molar-refractivity contribution in [2.24, 2.45) is 45.3 Å². The number of Topliss-reactive ketones (excluding diaryl/α,β-unsaturated/α-hetero) is 1. The molecule has 1 saturated heterocycles. The Kier molecular flexibility index (Phi) is 5.62. The maximum atomic E-state index is 12.8. The summed E-state index contributed by atoms with van der Waals surface area (Å²) in [5.74, 6) is 2.23. The number of hydrogen-bond donors (Lipinski definition) is 2. The van der Waals surface area contributed by atoms with Crippen LogP contribution >= 0.6 is 0 Å². The van der Waals surface area contributed by atoms with Gasteiger partial charge < -0.3 is 14.9 Å². The third kappa shape index (κ3) is 3.16. The summed E-state index contributed by atoms with van der Waals surface area (Å²) in [5, 5.41) is 21.5. The van der Waals surface area contributed by atoms with Crippen LogP contribution in [0.4, 0.5) is 0 Å². The number of hydrogen-bond acceptors (Lipinski definition) is 4. The summed E-state index contributed by atoms with van der Waals surface area (Å²) in [7, 11) is 0. The second kappa shape index (κ2) is 7.65. The molecule has 2 N–H and O–H groups in total. The van der Waals surface area contributed by atoms with Crippen LogP contribution < -0.4 is 0 Å². The molecule has 0 bridgehead atoms. The SMILES string of the molecule is CC1(C)OC[C@H]([C@@H]2CC[C@]3(C)C4=CC[C@@H]5C(C)(C)C(=O)CC[C@]5(C)[C@H]4CC[C@@]23C)C[C@@H](O)[C@@H]1O. The van der Waals surface area contributed by atoms with Crippen LogP contribution in [0.1, 0.15) is 99.8 Å². The average molecular weight is 473 g/mol. The molecule has 0 aromatic rings. The molecule has 0 aromatic heterocycles. The van der Waals surface area contributed by atoms with Crippen LogP contribution in [-0.2, 0) is 9.53 Å². The summed E-state index contributed by atoms with van der Waals surface area (Å²) in [6, 6.07) is 0. The fraction of sp³-hybridized carbons (Fsp3) is 0.900. The molecule has 0 spiro atoms. The van der Waals surface area contributed by atoms with Gasteiger partial charge in [0.1, 0.15) is 11.9 Å². The summed E-state index contributed by atoms with van der Waals surface area (Å²) in [4.78, 5) is 12.8. The van der Waals surface area contributed by atoms with E-state index in [1.807, 2.05) is 13.8 Å². The molecule has 3 saturated carbocycles. The van der Waals surface area contributed by atoms with Crippen molar-refractivity contribution in [1.29, 1.82) is 0 Å². The van der Waals surface area contributed by atoms with Gasteiger partial charge in [-0.2, -0.15) is 0 Å². The normalized spacial score (nSPS) is 52.1. The fourth-order valence-corrected chi connectivity index (χ4v) is 9.97. The quantitative estimate of drug-likeness (QED) is 0.481. The predicted molar refractivity (Wildman–Crippen MR) is 134 cm³/mol. The highest BCUT2D eigenvalue weighted by Gasteiger charge is 2.65. The molecule has 0 amide bonds. The van der Waals surface area contributed by atoms with Crippen molar-refractivity contribution < 1.29 is 19.7 Å². The van der Waals surface area contributed by atoms with E-state index >= 15 is 0 Å². The van der Waals surface area contributed by atoms with E-state index in [9.17, 15) is 15.0 Å². The lowest BCUT2D eigenvalue weighted by atomic mass is 9.41. The first-order chi connectivity index (χ1) is 15.7. The molecular weight excluding hydrogens is 424 g/mol. The molecule has 4 aliphatic carbocycles. The smallest absolute Gasteiger partial charge is 0.138 e. The lowest BCUT2D eigenvalue weighted by Gasteiger charge is -2.63. The molecular formula is C30H48O4. The molecule has 192 valence electrons. The van der Waals surface area contributed by atoms with Crippen molar-refractivity contribution in [3.05, 3.63) is 11.6 Å². The zero-order valence-corrected chi connectivity index (χ0v) is 22.6. The van der Waals surface area contributed by atoms with Gasteiger partial charge in [0.25, 0.3) is 0 Å². The molecule has 0 unspecified atom stereocenters. The van der Waals surface area contributed by atoms with Gasteiger partial charge in [0, 0.05) is 11.8 Å². The van der Waals surface area contributed by atoms with Crippen LogP contribution in [0.5, 0.6) is 0 Å². The van der Waals surface area contributed by atoms with Gasteiger partial charge in [0.05, 0.1) is 18.3 Å². The fourth-order valence-electron chi connectivity index (χ4n) is 9.97. The minimum absolute atomic E-state index is 0.158. The Morgan fingerprint density at radius 1 is 0.971 bits per heavy atom. The highest BCUT2D eigenvalue weighted by atomic mass is 16.5. The minimum Gasteiger partial charge on any atom is -0.390 e. The molecule has 0 aromatic carbocycles. The lowest BCUT2D eigenvalue weighted by Crippen LogP contribution is -2.57. The van der Waals surface area contributed by atoms with Gasteiger partial charge in [-0.15, -0.1) is 0 Å². The Labute approximate surface area is 206 Å². The molecule has 1 heterocycles. The minimum atomic E-state index is -0.843. The van der Waals surface area contributed by atoms with E-state index in [2.05, 4.69) is 40.7 Å². The average Bonchev–Trinajstić information content (AvgIpc) is 2.99. The first kappa shape index (κ1) is 25.0. The highest BCUT2D eigenvalue weighted by Crippen LogP contribution is 2.73. The third-order valence-electron chi connectivity index (χ3n) is 12.5. The zero-order valence-electron chi connectivity index (χ0n) is 22.6. The van der Waals surface area contributed by atoms with Crippen molar-refractivity contribution in [2.45, 2.75) is 118 Å². The first-order valence-electron chi connectivity index (χ1n) is 13.9. The van der Waals surface area contributed by atoms with Crippen LogP contribution in [0.15, 0.2) is 11.6 Å². The molecule has 9 atom stereocenters. The molecule has 0 radical (unpaired) electrons. The van der Waals surface area contributed by atoms with Gasteiger partial charge in [-0.05, 0) is 98.7 Å². The Morgan fingerprint density at radius 3 is 2.38 bits per heavy atom. The third-order valence-corrected chi connectivity index (χ3v) is 12.5. The Balaban J connectivity index is 1.47. The van der Waals surface area contributed by atoms with Gasteiger partial charge in [-0.3, -0.25) is 4.79 Å². The van der Waals surface area contributed by atoms with E-state index in [1.54, 1.807) is 5.57 Å². The number of fused-ring (bicyclic) bond motifs is 5. The molecule has 4 fully saturated rings. The highest BCUT2D eigenvalue weighted by molar-refractivity contribution is 5.85. The number of carbonyl (C=O) groups excluding carboxylic acids is 1. The van der Waals surface area contributed by atoms with Gasteiger partial charge in [0.15, 0.2) is 0 Å². The lowest BCUT2D eigenvalue weighted by molar-refractivity contribution is -0.146. The summed E-state index contributed by atoms with van der Waals surface area (Å²) in [5.41, 5.74) is 1.28. The zero-order chi connectivity index (χ0) is 24.9. The maximum Gasteiger partial charge on any atom is 0.138 e. The van der Waals surface area contributed by atoms with E-state index in [1.165, 1.54) is 25.7 Å². The van der Waals surface area contributed by atoms with E-state index in [0.29, 0.717) is 36.6 Å². The van der Waals surface area contributed by atoms with Crippen LogP contribution in [0, 0.1) is 45.3 Å². The first-order valence-corrected chi connectivity index (χ1v) is 13.9. The van der Waals surface area contributed by atoms with Crippen LogP contribution in [0.25, 0.3) is 0 Å². The number of ether oxygens (including phenoxy) is 1. The van der Waals surface area contributed by atoms with Gasteiger partial charge in [0.2, 0.25) is 0 Å². The maximum absolute atomic E-state index is 12.8. The van der Waals surface area contributed by atoms with Crippen molar-refractivity contribution in [3.8, 4) is 0 Å². The number of allylic oxidation sites excluding steroid dienone is 2. The Bertz CT molecular complexity index is 888. The second-order valence-electron chi connectivity index (χ2n) is 14.5. The van der Waals surface area contributed by atoms with E-state index in [-0.39, 0.29) is 27.6 Å². The van der Waals surface area contributed by atoms with Crippen molar-refractivity contribution in [2.75, 3.05) is 6.61 Å². The van der Waals surface area contributed by atoms with Gasteiger partial charge in [-0.1, -0.05) is 46.3 Å². The summed E-state index contributed by atoms with van der Waals surface area (Å²) >= 11 is 0. The number of carbonyl (C=O) groups is 1. The molecule has 34 heavy (non-hydrogen) atoms. The van der Waals surface area contributed by atoms with Gasteiger partial charge in [-0.25, -0.2) is 0 Å². The predicted octanol–water partition coefficient (Wildman–Crippen LogP) is 5.70. The monoisotopic (exact) mass is 472 g/mol. The van der Waals surface area contributed by atoms with Crippen molar-refractivity contribution >= 4 is 5.78 Å². The Hall–Kier alpha value is -0.710. The van der Waals surface area contributed by atoms with E-state index in [0.717, 1.165) is 19.3 Å². The summed E-state index contributed by atoms with van der Waals surface area (Å²) in [6.45, 7) is 16.4. The number of aliphatic hydroxyl groups excluding tert-OH is 2. The molecule has 1 aliphatic heterocycles. The second-order valence-corrected chi connectivity index (χ2v) is 14.5. The molecule has 5 aliphatic rings. The van der Waals surface area contributed by atoms with E-state index in [4.69, 9.17) is 4.74 Å². The summed E-state index contributed by atoms with van der Waals surface area (Å²) < 4.78 is 6.23. The number of rotatable bonds is 1.